The molecule has 0 aliphatic heterocycles. The van der Waals surface area contributed by atoms with E-state index in [9.17, 15) is 18.7 Å². The van der Waals surface area contributed by atoms with Crippen LogP contribution < -0.4 is 5.32 Å². The number of rotatable bonds is 5. The van der Waals surface area contributed by atoms with Crippen molar-refractivity contribution in [2.45, 2.75) is 6.10 Å². The Morgan fingerprint density at radius 3 is 2.72 bits per heavy atom. The van der Waals surface area contributed by atoms with E-state index in [1.807, 2.05) is 0 Å². The van der Waals surface area contributed by atoms with Crippen LogP contribution in [0.4, 0.5) is 8.78 Å². The second kappa shape index (κ2) is 7.23. The highest BCUT2D eigenvalue weighted by Crippen LogP contribution is 2.16. The molecule has 0 aliphatic rings. The summed E-state index contributed by atoms with van der Waals surface area (Å²) in [5.41, 5.74) is 0.682. The number of benzene rings is 2. The molecule has 3 rings (SSSR count). The number of hydrogen-bond donors (Lipinski definition) is 2. The third-order valence-electron chi connectivity index (χ3n) is 3.65. The molecule has 25 heavy (non-hydrogen) atoms. The molecule has 0 bridgehead atoms. The molecule has 0 fully saturated rings. The van der Waals surface area contributed by atoms with Gasteiger partial charge in [0.15, 0.2) is 0 Å². The number of halogens is 2. The number of aliphatic hydroxyl groups is 1. The summed E-state index contributed by atoms with van der Waals surface area (Å²) in [4.78, 5) is 12.1. The number of hydrogen-bond acceptors (Lipinski definition) is 3. The van der Waals surface area contributed by atoms with E-state index in [0.29, 0.717) is 5.56 Å². The molecule has 1 amide bonds. The highest BCUT2D eigenvalue weighted by atomic mass is 19.1. The third-order valence-corrected chi connectivity index (χ3v) is 3.65. The van der Waals surface area contributed by atoms with Crippen LogP contribution in [0.5, 0.6) is 0 Å². The van der Waals surface area contributed by atoms with Crippen LogP contribution in [0.1, 0.15) is 22.0 Å². The van der Waals surface area contributed by atoms with Gasteiger partial charge in [0.25, 0.3) is 5.91 Å². The molecule has 1 aromatic heterocycles. The Bertz CT molecular complexity index is 882. The maximum absolute atomic E-state index is 14.2. The van der Waals surface area contributed by atoms with Crippen LogP contribution in [-0.4, -0.2) is 27.3 Å². The molecular formula is C18H15F2N3O2. The van der Waals surface area contributed by atoms with E-state index in [1.54, 1.807) is 18.3 Å². The molecule has 1 atom stereocenters. The van der Waals surface area contributed by atoms with Gasteiger partial charge in [-0.3, -0.25) is 4.79 Å². The zero-order valence-electron chi connectivity index (χ0n) is 13.1. The largest absolute Gasteiger partial charge is 0.387 e. The summed E-state index contributed by atoms with van der Waals surface area (Å²) in [6, 6.07) is 11.1. The molecular weight excluding hydrogens is 328 g/mol. The first-order valence-electron chi connectivity index (χ1n) is 7.56. The molecule has 0 unspecified atom stereocenters. The maximum atomic E-state index is 14.2. The molecule has 7 heteroatoms. The van der Waals surface area contributed by atoms with Crippen molar-refractivity contribution in [3.8, 4) is 5.69 Å². The van der Waals surface area contributed by atoms with Crippen molar-refractivity contribution in [1.29, 1.82) is 0 Å². The van der Waals surface area contributed by atoms with E-state index >= 15 is 0 Å². The Morgan fingerprint density at radius 2 is 2.04 bits per heavy atom. The van der Waals surface area contributed by atoms with Gasteiger partial charge in [0.2, 0.25) is 0 Å². The van der Waals surface area contributed by atoms with E-state index in [1.165, 1.54) is 41.2 Å². The lowest BCUT2D eigenvalue weighted by Gasteiger charge is -2.13. The minimum atomic E-state index is -1.06. The number of nitrogens with one attached hydrogen (secondary N) is 1. The van der Waals surface area contributed by atoms with Gasteiger partial charge in [0.05, 0.1) is 6.10 Å². The summed E-state index contributed by atoms with van der Waals surface area (Å²) in [7, 11) is 0. The highest BCUT2D eigenvalue weighted by Gasteiger charge is 2.14. The number of carbonyl (C=O) groups excluding carboxylic acids is 1. The van der Waals surface area contributed by atoms with Crippen molar-refractivity contribution >= 4 is 5.91 Å². The molecule has 0 radical (unpaired) electrons. The summed E-state index contributed by atoms with van der Waals surface area (Å²) in [6.07, 6.45) is 2.05. The van der Waals surface area contributed by atoms with Gasteiger partial charge < -0.3 is 10.4 Å². The predicted molar refractivity (Wildman–Crippen MR) is 87.2 cm³/mol. The first-order chi connectivity index (χ1) is 12.0. The van der Waals surface area contributed by atoms with Gasteiger partial charge in [-0.05, 0) is 42.0 Å². The van der Waals surface area contributed by atoms with E-state index in [2.05, 4.69) is 10.4 Å². The Labute approximate surface area is 142 Å². The van der Waals surface area contributed by atoms with Crippen LogP contribution in [-0.2, 0) is 0 Å². The van der Waals surface area contributed by atoms with Crippen LogP contribution in [0.25, 0.3) is 5.69 Å². The molecule has 0 spiro atoms. The number of aromatic nitrogens is 2. The lowest BCUT2D eigenvalue weighted by atomic mass is 10.1. The summed E-state index contributed by atoms with van der Waals surface area (Å²) in [5, 5.41) is 16.4. The number of carbonyl (C=O) groups is 1. The summed E-state index contributed by atoms with van der Waals surface area (Å²) < 4.78 is 28.6. The van der Waals surface area contributed by atoms with Crippen molar-refractivity contribution < 1.29 is 18.7 Å². The first-order valence-corrected chi connectivity index (χ1v) is 7.56. The third kappa shape index (κ3) is 3.89. The van der Waals surface area contributed by atoms with Crippen molar-refractivity contribution in [2.75, 3.05) is 6.54 Å². The average Bonchev–Trinajstić information content (AvgIpc) is 3.13. The molecule has 5 nitrogen and oxygen atoms in total. The highest BCUT2D eigenvalue weighted by molar-refractivity contribution is 5.94. The Morgan fingerprint density at radius 1 is 1.20 bits per heavy atom. The molecule has 2 aromatic carbocycles. The topological polar surface area (TPSA) is 67.2 Å². The fraction of sp³-hybridized carbons (Fsp3) is 0.111. The quantitative estimate of drug-likeness (QED) is 0.748. The van der Waals surface area contributed by atoms with Crippen LogP contribution in [0.3, 0.4) is 0 Å². The van der Waals surface area contributed by atoms with Crippen LogP contribution in [0.15, 0.2) is 60.9 Å². The zero-order chi connectivity index (χ0) is 17.8. The zero-order valence-corrected chi connectivity index (χ0v) is 13.1. The lowest BCUT2D eigenvalue weighted by molar-refractivity contribution is 0.0916. The van der Waals surface area contributed by atoms with Crippen LogP contribution in [0, 0.1) is 11.6 Å². The summed E-state index contributed by atoms with van der Waals surface area (Å²) >= 11 is 0. The van der Waals surface area contributed by atoms with Gasteiger partial charge in [-0.1, -0.05) is 12.1 Å². The van der Waals surface area contributed by atoms with E-state index in [4.69, 9.17) is 0 Å². The first kappa shape index (κ1) is 16.8. The molecule has 2 N–H and O–H groups in total. The van der Waals surface area contributed by atoms with E-state index < -0.39 is 23.6 Å². The van der Waals surface area contributed by atoms with Gasteiger partial charge in [-0.25, -0.2) is 13.5 Å². The summed E-state index contributed by atoms with van der Waals surface area (Å²) in [6.45, 7) is -0.120. The van der Waals surface area contributed by atoms with Gasteiger partial charge in [-0.15, -0.1) is 0 Å². The number of nitrogens with zero attached hydrogens (tertiary/aromatic N) is 2. The van der Waals surface area contributed by atoms with Gasteiger partial charge in [0.1, 0.15) is 17.3 Å². The Hall–Kier alpha value is -3.06. The Kier molecular flexibility index (Phi) is 4.85. The smallest absolute Gasteiger partial charge is 0.251 e. The minimum absolute atomic E-state index is 0.111. The van der Waals surface area contributed by atoms with Gasteiger partial charge in [-0.2, -0.15) is 5.10 Å². The monoisotopic (exact) mass is 343 g/mol. The number of amides is 1. The van der Waals surface area contributed by atoms with E-state index in [-0.39, 0.29) is 17.8 Å². The molecule has 0 saturated carbocycles. The predicted octanol–water partition coefficient (Wildman–Crippen LogP) is 2.61. The van der Waals surface area contributed by atoms with Crippen molar-refractivity contribution in [3.05, 3.63) is 83.7 Å². The van der Waals surface area contributed by atoms with Crippen molar-refractivity contribution in [1.82, 2.24) is 15.1 Å². The van der Waals surface area contributed by atoms with Crippen LogP contribution in [0.2, 0.25) is 0 Å². The lowest BCUT2D eigenvalue weighted by Crippen LogP contribution is -2.28. The second-order valence-electron chi connectivity index (χ2n) is 5.40. The SMILES string of the molecule is O=C(NC[C@H](O)c1cccc(F)c1)c1ccc(-n2cccn2)c(F)c1. The molecule has 1 heterocycles. The number of aliphatic hydroxyl groups excluding tert-OH is 1. The Balaban J connectivity index is 1.66. The van der Waals surface area contributed by atoms with Crippen molar-refractivity contribution in [3.63, 3.8) is 0 Å². The summed E-state index contributed by atoms with van der Waals surface area (Å²) in [5.74, 6) is -1.61. The average molecular weight is 343 g/mol. The van der Waals surface area contributed by atoms with Gasteiger partial charge >= 0.3 is 0 Å². The molecule has 0 aliphatic carbocycles. The molecule has 3 aromatic rings. The van der Waals surface area contributed by atoms with E-state index in [0.717, 1.165) is 6.07 Å². The van der Waals surface area contributed by atoms with Crippen molar-refractivity contribution in [2.24, 2.45) is 0 Å². The van der Waals surface area contributed by atoms with Gasteiger partial charge in [0, 0.05) is 24.5 Å². The van der Waals surface area contributed by atoms with Crippen LogP contribution >= 0.6 is 0 Å². The second-order valence-corrected chi connectivity index (χ2v) is 5.40. The fourth-order valence-electron chi connectivity index (χ4n) is 2.37. The standard InChI is InChI=1S/C18H15F2N3O2/c19-14-4-1-3-12(9-14)17(24)11-21-18(25)13-5-6-16(15(20)10-13)23-8-2-7-22-23/h1-10,17,24H,11H2,(H,21,25)/t17-/m0/s1. The molecule has 0 saturated heterocycles. The molecule has 128 valence electrons. The maximum Gasteiger partial charge on any atom is 0.251 e. The minimum Gasteiger partial charge on any atom is -0.387 e. The normalized spacial score (nSPS) is 12.0. The fourth-order valence-corrected chi connectivity index (χ4v) is 2.37.